The Balaban J connectivity index is 1.57. The maximum absolute atomic E-state index is 6.09. The fourth-order valence-electron chi connectivity index (χ4n) is 3.11. The molecular weight excluding hydrogens is 236 g/mol. The maximum Gasteiger partial charge on any atom is 0.124 e. The molecule has 1 atom stereocenters. The Morgan fingerprint density at radius 2 is 2.26 bits per heavy atom. The predicted octanol–water partition coefficient (Wildman–Crippen LogP) is 2.40. The number of benzene rings is 1. The highest BCUT2D eigenvalue weighted by Gasteiger charge is 2.25. The largest absolute Gasteiger partial charge is 0.493 e. The van der Waals surface area contributed by atoms with E-state index in [1.165, 1.54) is 30.6 Å². The van der Waals surface area contributed by atoms with Gasteiger partial charge in [0, 0.05) is 37.2 Å². The van der Waals surface area contributed by atoms with Crippen LogP contribution in [0.4, 0.5) is 0 Å². The van der Waals surface area contributed by atoms with Crippen molar-refractivity contribution in [3.8, 4) is 5.75 Å². The van der Waals surface area contributed by atoms with Crippen molar-refractivity contribution in [1.82, 2.24) is 10.2 Å². The van der Waals surface area contributed by atoms with Gasteiger partial charge in [0.05, 0.1) is 6.61 Å². The zero-order chi connectivity index (χ0) is 13.2. The number of nitrogens with zero attached hydrogens (tertiary/aromatic N) is 1. The van der Waals surface area contributed by atoms with Crippen molar-refractivity contribution in [3.05, 3.63) is 29.3 Å². The topological polar surface area (TPSA) is 24.5 Å². The van der Waals surface area contributed by atoms with Gasteiger partial charge >= 0.3 is 0 Å². The molecule has 1 aromatic rings. The third-order valence-corrected chi connectivity index (χ3v) is 4.37. The van der Waals surface area contributed by atoms with Gasteiger partial charge in [0.25, 0.3) is 0 Å². The van der Waals surface area contributed by atoms with Crippen LogP contribution in [-0.4, -0.2) is 30.6 Å². The van der Waals surface area contributed by atoms with Crippen molar-refractivity contribution < 1.29 is 4.74 Å². The van der Waals surface area contributed by atoms with E-state index in [0.717, 1.165) is 25.4 Å². The molecule has 3 nitrogen and oxygen atoms in total. The smallest absolute Gasteiger partial charge is 0.124 e. The van der Waals surface area contributed by atoms with Crippen molar-refractivity contribution in [2.24, 2.45) is 5.92 Å². The minimum atomic E-state index is 0.662. The Bertz CT molecular complexity index is 444. The van der Waals surface area contributed by atoms with Crippen LogP contribution in [-0.2, 0) is 13.1 Å². The molecular formula is C16H24N2O. The molecule has 3 rings (SSSR count). The van der Waals surface area contributed by atoms with Crippen LogP contribution in [0.2, 0.25) is 0 Å². The van der Waals surface area contributed by atoms with Gasteiger partial charge in [-0.3, -0.25) is 0 Å². The summed E-state index contributed by atoms with van der Waals surface area (Å²) in [7, 11) is 0. The van der Waals surface area contributed by atoms with Crippen molar-refractivity contribution in [2.75, 3.05) is 19.7 Å². The van der Waals surface area contributed by atoms with Gasteiger partial charge in [0.2, 0.25) is 0 Å². The molecule has 0 bridgehead atoms. The molecule has 2 aliphatic heterocycles. The van der Waals surface area contributed by atoms with Gasteiger partial charge in [0.15, 0.2) is 0 Å². The zero-order valence-corrected chi connectivity index (χ0v) is 12.0. The van der Waals surface area contributed by atoms with E-state index in [-0.39, 0.29) is 0 Å². The van der Waals surface area contributed by atoms with Crippen LogP contribution in [0.25, 0.3) is 0 Å². The van der Waals surface area contributed by atoms with Crippen LogP contribution in [0.1, 0.15) is 31.4 Å². The predicted molar refractivity (Wildman–Crippen MR) is 77.3 cm³/mol. The molecule has 0 spiro atoms. The molecule has 1 unspecified atom stereocenters. The van der Waals surface area contributed by atoms with Crippen LogP contribution in [0, 0.1) is 5.92 Å². The zero-order valence-electron chi connectivity index (χ0n) is 12.0. The average molecular weight is 260 g/mol. The molecule has 1 saturated heterocycles. The number of ether oxygens (including phenoxy) is 1. The lowest BCUT2D eigenvalue weighted by molar-refractivity contribution is 0.222. The highest BCUT2D eigenvalue weighted by atomic mass is 16.5. The van der Waals surface area contributed by atoms with E-state index in [1.807, 2.05) is 0 Å². The summed E-state index contributed by atoms with van der Waals surface area (Å²) in [6.07, 6.45) is 1.27. The quantitative estimate of drug-likeness (QED) is 0.899. The average Bonchev–Trinajstić information content (AvgIpc) is 3.05. The number of rotatable bonds is 4. The molecule has 0 radical (unpaired) electrons. The summed E-state index contributed by atoms with van der Waals surface area (Å²) >= 11 is 0. The van der Waals surface area contributed by atoms with E-state index in [1.54, 1.807) is 0 Å². The van der Waals surface area contributed by atoms with Crippen LogP contribution in [0.3, 0.4) is 0 Å². The van der Waals surface area contributed by atoms with Crippen molar-refractivity contribution >= 4 is 0 Å². The summed E-state index contributed by atoms with van der Waals surface area (Å²) in [6, 6.07) is 7.07. The minimum Gasteiger partial charge on any atom is -0.493 e. The van der Waals surface area contributed by atoms with E-state index in [2.05, 4.69) is 42.3 Å². The number of hydrogen-bond donors (Lipinski definition) is 1. The maximum atomic E-state index is 6.09. The van der Waals surface area contributed by atoms with Crippen molar-refractivity contribution in [3.63, 3.8) is 0 Å². The van der Waals surface area contributed by atoms with Gasteiger partial charge < -0.3 is 15.0 Å². The first-order valence-corrected chi connectivity index (χ1v) is 7.42. The molecule has 1 N–H and O–H groups in total. The Morgan fingerprint density at radius 3 is 3.05 bits per heavy atom. The fourth-order valence-corrected chi connectivity index (χ4v) is 3.11. The van der Waals surface area contributed by atoms with Crippen LogP contribution < -0.4 is 10.1 Å². The van der Waals surface area contributed by atoms with Crippen LogP contribution in [0.15, 0.2) is 18.2 Å². The summed E-state index contributed by atoms with van der Waals surface area (Å²) in [5.74, 6) is 1.78. The summed E-state index contributed by atoms with van der Waals surface area (Å²) < 4.78 is 6.09. The van der Waals surface area contributed by atoms with E-state index < -0.39 is 0 Å². The monoisotopic (exact) mass is 260 g/mol. The lowest BCUT2D eigenvalue weighted by atomic mass is 10.1. The Kier molecular flexibility index (Phi) is 3.76. The van der Waals surface area contributed by atoms with Gasteiger partial charge in [-0.15, -0.1) is 0 Å². The highest BCUT2D eigenvalue weighted by molar-refractivity contribution is 5.42. The second-order valence-corrected chi connectivity index (χ2v) is 6.05. The summed E-state index contributed by atoms with van der Waals surface area (Å²) in [5.41, 5.74) is 2.76. The van der Waals surface area contributed by atoms with Gasteiger partial charge in [-0.2, -0.15) is 0 Å². The van der Waals surface area contributed by atoms with Crippen LogP contribution in [0.5, 0.6) is 5.75 Å². The van der Waals surface area contributed by atoms with E-state index in [0.29, 0.717) is 12.0 Å². The van der Waals surface area contributed by atoms with Gasteiger partial charge in [-0.25, -0.2) is 0 Å². The molecule has 1 fully saturated rings. The molecule has 0 amide bonds. The van der Waals surface area contributed by atoms with Gasteiger partial charge in [-0.05, 0) is 38.4 Å². The summed E-state index contributed by atoms with van der Waals surface area (Å²) in [5, 5.41) is 3.39. The standard InChI is InChI=1S/C16H24N2O/c1-12(2)18-7-6-13(10-18)11-19-16-5-3-4-14-8-17-9-15(14)16/h3-5,12-13,17H,6-11H2,1-2H3. The molecule has 2 aliphatic rings. The molecule has 0 aliphatic carbocycles. The number of fused-ring (bicyclic) bond motifs is 1. The Morgan fingerprint density at radius 1 is 1.37 bits per heavy atom. The third kappa shape index (κ3) is 2.77. The third-order valence-electron chi connectivity index (χ3n) is 4.37. The van der Waals surface area contributed by atoms with Gasteiger partial charge in [-0.1, -0.05) is 12.1 Å². The molecule has 1 aromatic carbocycles. The molecule has 19 heavy (non-hydrogen) atoms. The van der Waals surface area contributed by atoms with E-state index >= 15 is 0 Å². The summed E-state index contributed by atoms with van der Waals surface area (Å²) in [6.45, 7) is 9.76. The van der Waals surface area contributed by atoms with Crippen molar-refractivity contribution in [2.45, 2.75) is 39.4 Å². The first kappa shape index (κ1) is 12.9. The van der Waals surface area contributed by atoms with E-state index in [4.69, 9.17) is 4.74 Å². The molecule has 2 heterocycles. The van der Waals surface area contributed by atoms with Gasteiger partial charge in [0.1, 0.15) is 5.75 Å². The second kappa shape index (κ2) is 5.51. The molecule has 3 heteroatoms. The molecule has 0 aromatic heterocycles. The number of hydrogen-bond acceptors (Lipinski definition) is 3. The SMILES string of the molecule is CC(C)N1CCC(COc2cccc3c2CNC3)C1. The fraction of sp³-hybridized carbons (Fsp3) is 0.625. The lowest BCUT2D eigenvalue weighted by Gasteiger charge is -2.20. The first-order chi connectivity index (χ1) is 9.24. The van der Waals surface area contributed by atoms with Crippen LogP contribution >= 0.6 is 0 Å². The second-order valence-electron chi connectivity index (χ2n) is 6.05. The Labute approximate surface area is 115 Å². The minimum absolute atomic E-state index is 0.662. The number of nitrogens with one attached hydrogen (secondary N) is 1. The Hall–Kier alpha value is -1.06. The van der Waals surface area contributed by atoms with E-state index in [9.17, 15) is 0 Å². The molecule has 104 valence electrons. The lowest BCUT2D eigenvalue weighted by Crippen LogP contribution is -2.29. The summed E-state index contributed by atoms with van der Waals surface area (Å²) in [4.78, 5) is 2.55. The first-order valence-electron chi connectivity index (χ1n) is 7.42. The number of likely N-dealkylation sites (tertiary alicyclic amines) is 1. The normalized spacial score (nSPS) is 23.0. The van der Waals surface area contributed by atoms with Crippen molar-refractivity contribution in [1.29, 1.82) is 0 Å². The highest BCUT2D eigenvalue weighted by Crippen LogP contribution is 2.27. The molecule has 0 saturated carbocycles.